The summed E-state index contributed by atoms with van der Waals surface area (Å²) in [6, 6.07) is 3.85. The van der Waals surface area contributed by atoms with Crippen molar-refractivity contribution in [3.05, 3.63) is 35.7 Å². The quantitative estimate of drug-likeness (QED) is 0.776. The highest BCUT2D eigenvalue weighted by molar-refractivity contribution is 5.49. The summed E-state index contributed by atoms with van der Waals surface area (Å²) in [5.41, 5.74) is 1.84. The summed E-state index contributed by atoms with van der Waals surface area (Å²) in [6.45, 7) is 5.96. The number of anilines is 1. The fraction of sp³-hybridized carbons (Fsp3) is 0.429. The predicted molar refractivity (Wildman–Crippen MR) is 78.1 cm³/mol. The van der Waals surface area contributed by atoms with Crippen LogP contribution in [-0.2, 0) is 6.42 Å². The molecule has 7 nitrogen and oxygen atoms in total. The van der Waals surface area contributed by atoms with E-state index in [-0.39, 0.29) is 6.04 Å². The number of hydrogen-bond acceptors (Lipinski definition) is 6. The second-order valence-electron chi connectivity index (χ2n) is 4.87. The second-order valence-corrected chi connectivity index (χ2v) is 4.87. The molecule has 0 aliphatic carbocycles. The molecule has 7 heteroatoms. The van der Waals surface area contributed by atoms with Crippen molar-refractivity contribution in [1.29, 1.82) is 0 Å². The Morgan fingerprint density at radius 2 is 2.19 bits per heavy atom. The van der Waals surface area contributed by atoms with Gasteiger partial charge in [-0.2, -0.15) is 14.6 Å². The summed E-state index contributed by atoms with van der Waals surface area (Å²) in [6.07, 6.45) is 3.44. The van der Waals surface area contributed by atoms with E-state index >= 15 is 0 Å². The van der Waals surface area contributed by atoms with Gasteiger partial charge in [-0.1, -0.05) is 19.0 Å². The Morgan fingerprint density at radius 1 is 1.33 bits per heavy atom. The van der Waals surface area contributed by atoms with Crippen LogP contribution in [-0.4, -0.2) is 24.7 Å². The van der Waals surface area contributed by atoms with E-state index in [1.165, 1.54) is 0 Å². The lowest BCUT2D eigenvalue weighted by Crippen LogP contribution is -2.14. The van der Waals surface area contributed by atoms with Gasteiger partial charge in [0.1, 0.15) is 11.9 Å². The zero-order valence-electron chi connectivity index (χ0n) is 12.4. The highest BCUT2D eigenvalue weighted by atomic mass is 16.5. The molecular weight excluding hydrogens is 268 g/mol. The van der Waals surface area contributed by atoms with Gasteiger partial charge in [0, 0.05) is 17.8 Å². The van der Waals surface area contributed by atoms with Crippen molar-refractivity contribution in [2.45, 2.75) is 39.7 Å². The molecule has 110 valence electrons. The van der Waals surface area contributed by atoms with Crippen molar-refractivity contribution < 1.29 is 4.52 Å². The Morgan fingerprint density at radius 3 is 2.86 bits per heavy atom. The van der Waals surface area contributed by atoms with Gasteiger partial charge in [0.2, 0.25) is 5.89 Å². The summed E-state index contributed by atoms with van der Waals surface area (Å²) in [7, 11) is 0. The van der Waals surface area contributed by atoms with Crippen molar-refractivity contribution in [1.82, 2.24) is 24.7 Å². The van der Waals surface area contributed by atoms with Crippen LogP contribution in [0.3, 0.4) is 0 Å². The highest BCUT2D eigenvalue weighted by Gasteiger charge is 2.18. The lowest BCUT2D eigenvalue weighted by molar-refractivity contribution is 0.356. The summed E-state index contributed by atoms with van der Waals surface area (Å²) in [4.78, 5) is 8.84. The Hall–Kier alpha value is -2.44. The topological polar surface area (TPSA) is 81.1 Å². The van der Waals surface area contributed by atoms with E-state index in [9.17, 15) is 0 Å². The highest BCUT2D eigenvalue weighted by Crippen LogP contribution is 2.22. The Labute approximate surface area is 122 Å². The number of aryl methyl sites for hydroxylation is 2. The second kappa shape index (κ2) is 5.51. The van der Waals surface area contributed by atoms with Gasteiger partial charge >= 0.3 is 0 Å². The Bertz CT molecular complexity index is 747. The molecule has 0 radical (unpaired) electrons. The molecule has 0 aliphatic rings. The third-order valence-corrected chi connectivity index (χ3v) is 3.35. The van der Waals surface area contributed by atoms with Crippen LogP contribution in [0, 0.1) is 6.92 Å². The minimum Gasteiger partial charge on any atom is -0.358 e. The van der Waals surface area contributed by atoms with Crippen molar-refractivity contribution >= 4 is 11.5 Å². The molecule has 0 bridgehead atoms. The molecule has 0 fully saturated rings. The van der Waals surface area contributed by atoms with Crippen molar-refractivity contribution in [2.75, 3.05) is 5.32 Å². The van der Waals surface area contributed by atoms with E-state index in [4.69, 9.17) is 4.52 Å². The van der Waals surface area contributed by atoms with Crippen LogP contribution in [0.15, 0.2) is 22.9 Å². The average Bonchev–Trinajstić information content (AvgIpc) is 3.12. The van der Waals surface area contributed by atoms with Gasteiger partial charge in [-0.3, -0.25) is 0 Å². The lowest BCUT2D eigenvalue weighted by Gasteiger charge is -2.15. The number of hydrogen-bond donors (Lipinski definition) is 1. The molecular formula is C14H18N6O. The van der Waals surface area contributed by atoms with E-state index < -0.39 is 0 Å². The summed E-state index contributed by atoms with van der Waals surface area (Å²) in [5.74, 6) is 2.10. The predicted octanol–water partition coefficient (Wildman–Crippen LogP) is 2.55. The van der Waals surface area contributed by atoms with Gasteiger partial charge in [-0.15, -0.1) is 0 Å². The van der Waals surface area contributed by atoms with Gasteiger partial charge in [0.25, 0.3) is 0 Å². The smallest absolute Gasteiger partial charge is 0.249 e. The molecule has 1 N–H and O–H groups in total. The van der Waals surface area contributed by atoms with Crippen LogP contribution in [0.5, 0.6) is 0 Å². The fourth-order valence-electron chi connectivity index (χ4n) is 2.22. The third-order valence-electron chi connectivity index (χ3n) is 3.35. The fourth-order valence-corrected chi connectivity index (χ4v) is 2.22. The van der Waals surface area contributed by atoms with Crippen molar-refractivity contribution in [3.8, 4) is 0 Å². The molecule has 21 heavy (non-hydrogen) atoms. The van der Waals surface area contributed by atoms with Crippen LogP contribution >= 0.6 is 0 Å². The monoisotopic (exact) mass is 286 g/mol. The molecule has 0 saturated heterocycles. The first-order valence-electron chi connectivity index (χ1n) is 7.11. The number of fused-ring (bicyclic) bond motifs is 1. The van der Waals surface area contributed by atoms with Gasteiger partial charge < -0.3 is 9.84 Å². The van der Waals surface area contributed by atoms with E-state index in [0.29, 0.717) is 11.7 Å². The number of nitrogens with zero attached hydrogens (tertiary/aromatic N) is 5. The maximum absolute atomic E-state index is 5.27. The van der Waals surface area contributed by atoms with Crippen LogP contribution in [0.2, 0.25) is 0 Å². The number of nitrogens with one attached hydrogen (secondary N) is 1. The molecule has 3 aromatic heterocycles. The lowest BCUT2D eigenvalue weighted by atomic mass is 10.2. The number of rotatable bonds is 5. The van der Waals surface area contributed by atoms with Crippen molar-refractivity contribution in [3.63, 3.8) is 0 Å². The van der Waals surface area contributed by atoms with Crippen LogP contribution in [0.25, 0.3) is 5.65 Å². The normalized spacial score (nSPS) is 12.7. The zero-order chi connectivity index (χ0) is 14.8. The number of aromatic nitrogens is 5. The summed E-state index contributed by atoms with van der Waals surface area (Å²) < 4.78 is 7.05. The largest absolute Gasteiger partial charge is 0.358 e. The molecule has 3 heterocycles. The van der Waals surface area contributed by atoms with E-state index in [0.717, 1.165) is 30.0 Å². The third kappa shape index (κ3) is 2.58. The minimum atomic E-state index is -0.0503. The van der Waals surface area contributed by atoms with Gasteiger partial charge in [0.05, 0.1) is 6.20 Å². The molecule has 3 aromatic rings. The van der Waals surface area contributed by atoms with Crippen LogP contribution in [0.1, 0.15) is 43.7 Å². The van der Waals surface area contributed by atoms with Gasteiger partial charge in [0.15, 0.2) is 11.5 Å². The maximum Gasteiger partial charge on any atom is 0.249 e. The first-order chi connectivity index (χ1) is 10.2. The molecule has 0 saturated carbocycles. The summed E-state index contributed by atoms with van der Waals surface area (Å²) in [5, 5.41) is 11.6. The van der Waals surface area contributed by atoms with Crippen LogP contribution in [0.4, 0.5) is 5.82 Å². The van der Waals surface area contributed by atoms with Gasteiger partial charge in [-0.05, 0) is 19.8 Å². The average molecular weight is 286 g/mol. The Balaban J connectivity index is 1.97. The maximum atomic E-state index is 5.27. The molecule has 1 atom stereocenters. The molecule has 0 unspecified atom stereocenters. The van der Waals surface area contributed by atoms with Crippen molar-refractivity contribution in [2.24, 2.45) is 0 Å². The van der Waals surface area contributed by atoms with E-state index in [1.54, 1.807) is 10.7 Å². The standard InChI is InChI=1S/C14H18N6O/c1-4-10-8-13(20-12(17-10)6-7-15-20)18-11(5-2)14-16-9(3)19-21-14/h6-8,11,18H,4-5H2,1-3H3/t11-/m0/s1. The van der Waals surface area contributed by atoms with Crippen LogP contribution < -0.4 is 5.32 Å². The zero-order valence-corrected chi connectivity index (χ0v) is 12.4. The van der Waals surface area contributed by atoms with E-state index in [2.05, 4.69) is 39.4 Å². The molecule has 0 amide bonds. The molecule has 0 aromatic carbocycles. The Kier molecular flexibility index (Phi) is 3.55. The first-order valence-corrected chi connectivity index (χ1v) is 7.11. The molecule has 3 rings (SSSR count). The molecule has 0 aliphatic heterocycles. The van der Waals surface area contributed by atoms with Gasteiger partial charge in [-0.25, -0.2) is 4.98 Å². The SMILES string of the molecule is CCc1cc(N[C@@H](CC)c2nc(C)no2)n2nccc2n1. The summed E-state index contributed by atoms with van der Waals surface area (Å²) >= 11 is 0. The van der Waals surface area contributed by atoms with E-state index in [1.807, 2.05) is 19.1 Å². The minimum absolute atomic E-state index is 0.0503. The molecule has 0 spiro atoms. The first kappa shape index (κ1) is 13.5.